The molecule has 0 fully saturated rings. The van der Waals surface area contributed by atoms with E-state index in [1.165, 1.54) is 18.2 Å². The van der Waals surface area contributed by atoms with Crippen molar-refractivity contribution in [2.75, 3.05) is 5.32 Å². The number of carbonyl (C=O) groups excluding carboxylic acids is 2. The summed E-state index contributed by atoms with van der Waals surface area (Å²) < 4.78 is 5.53. The van der Waals surface area contributed by atoms with Gasteiger partial charge in [-0.05, 0) is 47.9 Å². The average Bonchev–Trinajstić information content (AvgIpc) is 2.75. The lowest BCUT2D eigenvalue weighted by atomic mass is 9.93. The highest BCUT2D eigenvalue weighted by atomic mass is 16.6. The Morgan fingerprint density at radius 2 is 1.87 bits per heavy atom. The van der Waals surface area contributed by atoms with Crippen LogP contribution in [0.25, 0.3) is 0 Å². The van der Waals surface area contributed by atoms with E-state index >= 15 is 0 Å². The molecule has 3 aromatic carbocycles. The molecule has 1 heterocycles. The molecule has 3 aromatic rings. The van der Waals surface area contributed by atoms with Crippen LogP contribution in [0.15, 0.2) is 66.7 Å². The number of amides is 1. The van der Waals surface area contributed by atoms with Gasteiger partial charge in [0.05, 0.1) is 10.5 Å². The number of rotatable bonds is 4. The molecule has 0 spiro atoms. The first-order valence-corrected chi connectivity index (χ1v) is 9.37. The van der Waals surface area contributed by atoms with Crippen molar-refractivity contribution in [3.05, 3.63) is 105 Å². The van der Waals surface area contributed by atoms with Crippen LogP contribution < -0.4 is 5.32 Å². The third kappa shape index (κ3) is 3.77. The number of cyclic esters (lactones) is 1. The number of anilines is 1. The molecule has 0 saturated carbocycles. The van der Waals surface area contributed by atoms with Gasteiger partial charge in [-0.2, -0.15) is 0 Å². The number of carbonyl (C=O) groups is 2. The van der Waals surface area contributed by atoms with Crippen LogP contribution in [0.1, 0.15) is 43.5 Å². The van der Waals surface area contributed by atoms with Crippen molar-refractivity contribution in [3.63, 3.8) is 0 Å². The van der Waals surface area contributed by atoms with Crippen LogP contribution in [0.4, 0.5) is 11.4 Å². The molecular formula is C23H18N2O5. The minimum atomic E-state index is -0.532. The normalized spacial score (nSPS) is 15.1. The molecule has 1 amide bonds. The van der Waals surface area contributed by atoms with Crippen LogP contribution in [0, 0.1) is 17.0 Å². The molecule has 7 nitrogen and oxygen atoms in total. The maximum absolute atomic E-state index is 12.7. The number of nitro benzene ring substituents is 1. The molecule has 7 heteroatoms. The fraction of sp³-hybridized carbons (Fsp3) is 0.130. The summed E-state index contributed by atoms with van der Waals surface area (Å²) in [4.78, 5) is 35.9. The number of ether oxygens (including phenoxy) is 1. The van der Waals surface area contributed by atoms with E-state index in [0.29, 0.717) is 23.1 Å². The SMILES string of the molecule is Cc1ccc(NC(=O)c2ccc3c(c2)CC(c2ccccc2)OC3=O)c([N+](=O)[O-])c1. The van der Waals surface area contributed by atoms with Gasteiger partial charge in [0.2, 0.25) is 0 Å². The highest BCUT2D eigenvalue weighted by molar-refractivity contribution is 6.06. The minimum Gasteiger partial charge on any atom is -0.454 e. The zero-order chi connectivity index (χ0) is 21.3. The molecular weight excluding hydrogens is 384 g/mol. The maximum atomic E-state index is 12.7. The van der Waals surface area contributed by atoms with Crippen LogP contribution in [-0.4, -0.2) is 16.8 Å². The van der Waals surface area contributed by atoms with Crippen molar-refractivity contribution in [1.82, 2.24) is 0 Å². The van der Waals surface area contributed by atoms with Gasteiger partial charge in [0, 0.05) is 18.1 Å². The molecule has 0 aliphatic carbocycles. The van der Waals surface area contributed by atoms with E-state index in [9.17, 15) is 19.7 Å². The number of nitrogens with one attached hydrogen (secondary N) is 1. The van der Waals surface area contributed by atoms with Gasteiger partial charge in [-0.25, -0.2) is 4.79 Å². The van der Waals surface area contributed by atoms with Gasteiger partial charge in [0.15, 0.2) is 0 Å². The number of esters is 1. The highest BCUT2D eigenvalue weighted by Gasteiger charge is 2.28. The lowest BCUT2D eigenvalue weighted by Crippen LogP contribution is -2.23. The second kappa shape index (κ2) is 7.79. The summed E-state index contributed by atoms with van der Waals surface area (Å²) in [7, 11) is 0. The Labute approximate surface area is 172 Å². The number of fused-ring (bicyclic) bond motifs is 1. The fourth-order valence-corrected chi connectivity index (χ4v) is 3.48. The van der Waals surface area contributed by atoms with Crippen LogP contribution in [0.2, 0.25) is 0 Å². The Kier molecular flexibility index (Phi) is 5.02. The lowest BCUT2D eigenvalue weighted by Gasteiger charge is -2.25. The number of hydrogen-bond acceptors (Lipinski definition) is 5. The van der Waals surface area contributed by atoms with Gasteiger partial charge in [-0.1, -0.05) is 36.4 Å². The van der Waals surface area contributed by atoms with Crippen LogP contribution in [0.3, 0.4) is 0 Å². The Morgan fingerprint density at radius 3 is 2.60 bits per heavy atom. The molecule has 0 saturated heterocycles. The quantitative estimate of drug-likeness (QED) is 0.390. The van der Waals surface area contributed by atoms with Gasteiger partial charge >= 0.3 is 5.97 Å². The smallest absolute Gasteiger partial charge is 0.339 e. The first kappa shape index (κ1) is 19.3. The van der Waals surface area contributed by atoms with E-state index in [1.807, 2.05) is 30.3 Å². The van der Waals surface area contributed by atoms with E-state index in [2.05, 4.69) is 5.32 Å². The third-order valence-corrected chi connectivity index (χ3v) is 5.01. The van der Waals surface area contributed by atoms with Crippen molar-refractivity contribution < 1.29 is 19.2 Å². The molecule has 150 valence electrons. The molecule has 1 unspecified atom stereocenters. The van der Waals surface area contributed by atoms with Gasteiger partial charge in [0.25, 0.3) is 11.6 Å². The number of aryl methyl sites for hydroxylation is 1. The molecule has 1 aliphatic rings. The second-order valence-electron chi connectivity index (χ2n) is 7.11. The third-order valence-electron chi connectivity index (χ3n) is 5.01. The van der Waals surface area contributed by atoms with E-state index in [1.54, 1.807) is 25.1 Å². The molecule has 1 N–H and O–H groups in total. The van der Waals surface area contributed by atoms with Gasteiger partial charge in [-0.15, -0.1) is 0 Å². The molecule has 0 aromatic heterocycles. The number of hydrogen-bond donors (Lipinski definition) is 1. The Hall–Kier alpha value is -4.00. The Balaban J connectivity index is 1.61. The zero-order valence-electron chi connectivity index (χ0n) is 16.1. The standard InChI is InChI=1S/C23H18N2O5/c1-14-7-10-19(20(11-14)25(28)29)24-22(26)16-8-9-18-17(12-16)13-21(30-23(18)27)15-5-3-2-4-6-15/h2-12,21H,13H2,1H3,(H,24,26). The molecule has 1 atom stereocenters. The van der Waals surface area contributed by atoms with Crippen molar-refractivity contribution in [3.8, 4) is 0 Å². The number of nitro groups is 1. The van der Waals surface area contributed by atoms with Crippen molar-refractivity contribution in [2.24, 2.45) is 0 Å². The van der Waals surface area contributed by atoms with Gasteiger partial charge in [-0.3, -0.25) is 14.9 Å². The van der Waals surface area contributed by atoms with E-state index in [0.717, 1.165) is 11.1 Å². The summed E-state index contributed by atoms with van der Waals surface area (Å²) in [5, 5.41) is 13.9. The Bertz CT molecular complexity index is 1160. The number of benzene rings is 3. The number of nitrogens with zero attached hydrogens (tertiary/aromatic N) is 1. The highest BCUT2D eigenvalue weighted by Crippen LogP contribution is 2.31. The van der Waals surface area contributed by atoms with Crippen LogP contribution in [-0.2, 0) is 11.2 Å². The van der Waals surface area contributed by atoms with E-state index in [-0.39, 0.29) is 11.4 Å². The first-order valence-electron chi connectivity index (χ1n) is 9.37. The first-order chi connectivity index (χ1) is 14.4. The summed E-state index contributed by atoms with van der Waals surface area (Å²) in [6.45, 7) is 1.74. The van der Waals surface area contributed by atoms with Gasteiger partial charge in [0.1, 0.15) is 11.8 Å². The average molecular weight is 402 g/mol. The largest absolute Gasteiger partial charge is 0.454 e. The molecule has 4 rings (SSSR count). The van der Waals surface area contributed by atoms with Crippen LogP contribution in [0.5, 0.6) is 0 Å². The monoisotopic (exact) mass is 402 g/mol. The summed E-state index contributed by atoms with van der Waals surface area (Å²) in [5.74, 6) is -0.925. The summed E-state index contributed by atoms with van der Waals surface area (Å²) in [6.07, 6.45) is 0.0133. The van der Waals surface area contributed by atoms with Crippen molar-refractivity contribution >= 4 is 23.3 Å². The van der Waals surface area contributed by atoms with E-state index in [4.69, 9.17) is 4.74 Å². The summed E-state index contributed by atoms with van der Waals surface area (Å²) >= 11 is 0. The summed E-state index contributed by atoms with van der Waals surface area (Å²) in [6, 6.07) is 18.7. The van der Waals surface area contributed by atoms with Crippen molar-refractivity contribution in [1.29, 1.82) is 0 Å². The lowest BCUT2D eigenvalue weighted by molar-refractivity contribution is -0.384. The fourth-order valence-electron chi connectivity index (χ4n) is 3.48. The van der Waals surface area contributed by atoms with Crippen LogP contribution >= 0.6 is 0 Å². The molecule has 30 heavy (non-hydrogen) atoms. The minimum absolute atomic E-state index is 0.120. The summed E-state index contributed by atoms with van der Waals surface area (Å²) in [5.41, 5.74) is 2.97. The predicted octanol–water partition coefficient (Wildman–Crippen LogP) is 4.61. The van der Waals surface area contributed by atoms with E-state index < -0.39 is 22.9 Å². The maximum Gasteiger partial charge on any atom is 0.339 e. The zero-order valence-corrected chi connectivity index (χ0v) is 16.1. The second-order valence-corrected chi connectivity index (χ2v) is 7.11. The topological polar surface area (TPSA) is 98.5 Å². The molecule has 1 aliphatic heterocycles. The molecule has 0 bridgehead atoms. The predicted molar refractivity (Wildman–Crippen MR) is 111 cm³/mol. The molecule has 0 radical (unpaired) electrons. The Morgan fingerprint density at radius 1 is 1.10 bits per heavy atom. The van der Waals surface area contributed by atoms with Crippen molar-refractivity contribution in [2.45, 2.75) is 19.4 Å². The van der Waals surface area contributed by atoms with Gasteiger partial charge < -0.3 is 10.1 Å².